The maximum absolute atomic E-state index is 12.5. The first-order valence-corrected chi connectivity index (χ1v) is 7.62. The van der Waals surface area contributed by atoms with E-state index in [1.807, 2.05) is 0 Å². The summed E-state index contributed by atoms with van der Waals surface area (Å²) in [6.07, 6.45) is 2.31. The lowest BCUT2D eigenvalue weighted by Gasteiger charge is -2.44. The second-order valence-electron chi connectivity index (χ2n) is 5.79. The van der Waals surface area contributed by atoms with E-state index < -0.39 is 0 Å². The zero-order valence-electron chi connectivity index (χ0n) is 12.1. The Morgan fingerprint density at radius 3 is 2.71 bits per heavy atom. The largest absolute Gasteiger partial charge is 0.494 e. The molecule has 3 N–H and O–H groups in total. The Kier molecular flexibility index (Phi) is 3.95. The minimum absolute atomic E-state index is 0.167. The summed E-state index contributed by atoms with van der Waals surface area (Å²) in [5, 5.41) is 3.56. The molecule has 1 unspecified atom stereocenters. The number of anilines is 1. The molecule has 2 bridgehead atoms. The molecule has 3 fully saturated rings. The van der Waals surface area contributed by atoms with Crippen LogP contribution in [0.5, 0.6) is 5.75 Å². The van der Waals surface area contributed by atoms with Gasteiger partial charge in [0, 0.05) is 17.6 Å². The standard InChI is InChI=1S/C15H20ClN3O2/c1-21-14-11(6-10(16)7-12(14)17)15(20)18-13-8-19-4-2-9(13)3-5-19/h6-7,9,13H,2-5,8,17H2,1H3,(H,18,20). The third kappa shape index (κ3) is 2.80. The predicted octanol–water partition coefficient (Wildman–Crippen LogP) is 1.75. The van der Waals surface area contributed by atoms with Crippen molar-refractivity contribution in [3.05, 3.63) is 22.7 Å². The van der Waals surface area contributed by atoms with Crippen molar-refractivity contribution >= 4 is 23.2 Å². The number of amides is 1. The highest BCUT2D eigenvalue weighted by molar-refractivity contribution is 6.31. The van der Waals surface area contributed by atoms with E-state index in [0.717, 1.165) is 32.5 Å². The summed E-state index contributed by atoms with van der Waals surface area (Å²) in [6, 6.07) is 3.39. The SMILES string of the molecule is COc1c(N)cc(Cl)cc1C(=O)NC1CN2CCC1CC2. The third-order valence-corrected chi connectivity index (χ3v) is 4.72. The molecule has 1 amide bonds. The van der Waals surface area contributed by atoms with Crippen molar-refractivity contribution in [3.8, 4) is 5.75 Å². The topological polar surface area (TPSA) is 67.6 Å². The quantitative estimate of drug-likeness (QED) is 0.835. The average molecular weight is 310 g/mol. The summed E-state index contributed by atoms with van der Waals surface area (Å²) in [6.45, 7) is 3.21. The Balaban J connectivity index is 1.79. The number of nitrogens with one attached hydrogen (secondary N) is 1. The number of benzene rings is 1. The van der Waals surface area contributed by atoms with E-state index >= 15 is 0 Å². The number of piperidine rings is 3. The fraction of sp³-hybridized carbons (Fsp3) is 0.533. The van der Waals surface area contributed by atoms with Gasteiger partial charge in [0.05, 0.1) is 18.4 Å². The Morgan fingerprint density at radius 1 is 1.43 bits per heavy atom. The highest BCUT2D eigenvalue weighted by atomic mass is 35.5. The van der Waals surface area contributed by atoms with Crippen LogP contribution in [0.4, 0.5) is 5.69 Å². The predicted molar refractivity (Wildman–Crippen MR) is 82.8 cm³/mol. The number of carbonyl (C=O) groups is 1. The second kappa shape index (κ2) is 5.73. The molecular formula is C15H20ClN3O2. The molecule has 5 nitrogen and oxygen atoms in total. The van der Waals surface area contributed by atoms with Crippen molar-refractivity contribution in [2.75, 3.05) is 32.5 Å². The molecule has 3 aliphatic heterocycles. The average Bonchev–Trinajstić information content (AvgIpc) is 2.47. The van der Waals surface area contributed by atoms with Gasteiger partial charge >= 0.3 is 0 Å². The van der Waals surface area contributed by atoms with Gasteiger partial charge in [-0.1, -0.05) is 11.6 Å². The molecule has 3 aliphatic rings. The minimum atomic E-state index is -0.167. The van der Waals surface area contributed by atoms with Gasteiger partial charge in [-0.25, -0.2) is 0 Å². The first-order valence-electron chi connectivity index (χ1n) is 7.24. The van der Waals surface area contributed by atoms with Crippen molar-refractivity contribution in [2.45, 2.75) is 18.9 Å². The van der Waals surface area contributed by atoms with Crippen LogP contribution in [0.25, 0.3) is 0 Å². The van der Waals surface area contributed by atoms with Crippen molar-refractivity contribution < 1.29 is 9.53 Å². The molecule has 4 rings (SSSR count). The van der Waals surface area contributed by atoms with Crippen molar-refractivity contribution in [2.24, 2.45) is 5.92 Å². The number of nitrogens with zero attached hydrogens (tertiary/aromatic N) is 1. The van der Waals surface area contributed by atoms with Crippen LogP contribution >= 0.6 is 11.6 Å². The molecule has 1 atom stereocenters. The first-order chi connectivity index (χ1) is 10.1. The number of halogens is 1. The third-order valence-electron chi connectivity index (χ3n) is 4.50. The Hall–Kier alpha value is -1.46. The second-order valence-corrected chi connectivity index (χ2v) is 6.23. The molecule has 21 heavy (non-hydrogen) atoms. The highest BCUT2D eigenvalue weighted by Crippen LogP contribution is 2.32. The van der Waals surface area contributed by atoms with Gasteiger partial charge in [-0.05, 0) is 44.0 Å². The molecule has 1 aromatic rings. The van der Waals surface area contributed by atoms with Gasteiger partial charge in [0.1, 0.15) is 0 Å². The number of nitrogens with two attached hydrogens (primary N) is 1. The summed E-state index contributed by atoms with van der Waals surface area (Å²) in [5.41, 5.74) is 6.65. The van der Waals surface area contributed by atoms with Crippen LogP contribution in [-0.4, -0.2) is 43.6 Å². The zero-order valence-corrected chi connectivity index (χ0v) is 12.8. The molecule has 0 saturated carbocycles. The summed E-state index contributed by atoms with van der Waals surface area (Å²) < 4.78 is 5.25. The van der Waals surface area contributed by atoms with E-state index in [0.29, 0.717) is 27.9 Å². The van der Waals surface area contributed by atoms with E-state index in [-0.39, 0.29) is 11.9 Å². The van der Waals surface area contributed by atoms with E-state index in [1.165, 1.54) is 7.11 Å². The van der Waals surface area contributed by atoms with Gasteiger partial charge in [0.2, 0.25) is 0 Å². The number of ether oxygens (including phenoxy) is 1. The number of fused-ring (bicyclic) bond motifs is 3. The molecule has 3 heterocycles. The fourth-order valence-corrected chi connectivity index (χ4v) is 3.61. The lowest BCUT2D eigenvalue weighted by atomic mass is 9.84. The fourth-order valence-electron chi connectivity index (χ4n) is 3.39. The van der Waals surface area contributed by atoms with Crippen LogP contribution in [-0.2, 0) is 0 Å². The Labute approximate surface area is 129 Å². The highest BCUT2D eigenvalue weighted by Gasteiger charge is 2.35. The number of rotatable bonds is 3. The van der Waals surface area contributed by atoms with Crippen molar-refractivity contribution in [1.29, 1.82) is 0 Å². The van der Waals surface area contributed by atoms with Gasteiger partial charge in [-0.3, -0.25) is 4.79 Å². The van der Waals surface area contributed by atoms with Crippen LogP contribution in [0.2, 0.25) is 5.02 Å². The van der Waals surface area contributed by atoms with Crippen LogP contribution in [0, 0.1) is 5.92 Å². The van der Waals surface area contributed by atoms with E-state index in [2.05, 4.69) is 10.2 Å². The maximum atomic E-state index is 12.5. The molecule has 0 aromatic heterocycles. The summed E-state index contributed by atoms with van der Waals surface area (Å²) in [7, 11) is 1.50. The normalized spacial score (nSPS) is 27.4. The summed E-state index contributed by atoms with van der Waals surface area (Å²) in [4.78, 5) is 14.9. The number of hydrogen-bond acceptors (Lipinski definition) is 4. The van der Waals surface area contributed by atoms with Gasteiger partial charge in [0.25, 0.3) is 5.91 Å². The van der Waals surface area contributed by atoms with E-state index in [1.54, 1.807) is 12.1 Å². The van der Waals surface area contributed by atoms with Gasteiger partial charge < -0.3 is 20.7 Å². The lowest BCUT2D eigenvalue weighted by molar-refractivity contribution is 0.0619. The monoisotopic (exact) mass is 309 g/mol. The molecule has 0 radical (unpaired) electrons. The Bertz CT molecular complexity index is 556. The van der Waals surface area contributed by atoms with Crippen LogP contribution in [0.15, 0.2) is 12.1 Å². The van der Waals surface area contributed by atoms with Crippen LogP contribution in [0.3, 0.4) is 0 Å². The number of hydrogen-bond donors (Lipinski definition) is 2. The molecule has 0 spiro atoms. The minimum Gasteiger partial charge on any atom is -0.494 e. The van der Waals surface area contributed by atoms with Crippen molar-refractivity contribution in [3.63, 3.8) is 0 Å². The van der Waals surface area contributed by atoms with E-state index in [4.69, 9.17) is 22.1 Å². The van der Waals surface area contributed by atoms with Gasteiger partial charge in [-0.2, -0.15) is 0 Å². The zero-order chi connectivity index (χ0) is 15.0. The van der Waals surface area contributed by atoms with E-state index in [9.17, 15) is 4.79 Å². The van der Waals surface area contributed by atoms with Crippen molar-refractivity contribution in [1.82, 2.24) is 10.2 Å². The van der Waals surface area contributed by atoms with Gasteiger partial charge in [-0.15, -0.1) is 0 Å². The van der Waals surface area contributed by atoms with Gasteiger partial charge in [0.15, 0.2) is 5.75 Å². The molecule has 0 aliphatic carbocycles. The van der Waals surface area contributed by atoms with Crippen LogP contribution in [0.1, 0.15) is 23.2 Å². The molecule has 1 aromatic carbocycles. The maximum Gasteiger partial charge on any atom is 0.255 e. The molecule has 6 heteroatoms. The Morgan fingerprint density at radius 2 is 2.14 bits per heavy atom. The smallest absolute Gasteiger partial charge is 0.255 e. The number of nitrogen functional groups attached to an aromatic ring is 1. The lowest BCUT2D eigenvalue weighted by Crippen LogP contribution is -2.57. The molecule has 3 saturated heterocycles. The summed E-state index contributed by atoms with van der Waals surface area (Å²) in [5.74, 6) is 0.791. The number of methoxy groups -OCH3 is 1. The number of carbonyl (C=O) groups excluding carboxylic acids is 1. The molecule has 114 valence electrons. The first kappa shape index (κ1) is 14.5. The molecular weight excluding hydrogens is 290 g/mol. The summed E-state index contributed by atoms with van der Waals surface area (Å²) >= 11 is 6.01. The van der Waals surface area contributed by atoms with Crippen LogP contribution < -0.4 is 15.8 Å².